The van der Waals surface area contributed by atoms with E-state index < -0.39 is 0 Å². The Morgan fingerprint density at radius 1 is 1.09 bits per heavy atom. The molecule has 0 aromatic heterocycles. The summed E-state index contributed by atoms with van der Waals surface area (Å²) in [4.78, 5) is 17.0. The smallest absolute Gasteiger partial charge is 0.231 e. The molecule has 3 heteroatoms. The number of anilines is 1. The summed E-state index contributed by atoms with van der Waals surface area (Å²) in [7, 11) is 1.88. The molecular weight excluding hydrogens is 284 g/mol. The summed E-state index contributed by atoms with van der Waals surface area (Å²) in [6.07, 6.45) is 2.08. The predicted molar refractivity (Wildman–Crippen MR) is 94.3 cm³/mol. The molecule has 1 saturated heterocycles. The Hall–Kier alpha value is -2.13. The van der Waals surface area contributed by atoms with Gasteiger partial charge in [0.15, 0.2) is 0 Å². The van der Waals surface area contributed by atoms with Crippen molar-refractivity contribution in [3.63, 3.8) is 0 Å². The third-order valence-electron chi connectivity index (χ3n) is 4.58. The maximum atomic E-state index is 12.8. The number of para-hydroxylation sites is 1. The number of carbonyl (C=O) groups is 1. The molecule has 0 spiro atoms. The van der Waals surface area contributed by atoms with Gasteiger partial charge in [0.05, 0.1) is 5.92 Å². The SMILES string of the molecule is CN(C(=O)C1CCCN(Cc2ccccc2)C1)c1ccccc1. The van der Waals surface area contributed by atoms with Crippen molar-refractivity contribution in [2.45, 2.75) is 19.4 Å². The third kappa shape index (κ3) is 3.99. The van der Waals surface area contributed by atoms with E-state index in [0.29, 0.717) is 0 Å². The second kappa shape index (κ2) is 7.42. The molecule has 2 aromatic rings. The van der Waals surface area contributed by atoms with Crippen molar-refractivity contribution >= 4 is 11.6 Å². The number of hydrogen-bond acceptors (Lipinski definition) is 2. The van der Waals surface area contributed by atoms with Crippen LogP contribution in [0.2, 0.25) is 0 Å². The second-order valence-electron chi connectivity index (χ2n) is 6.29. The van der Waals surface area contributed by atoms with E-state index in [2.05, 4.69) is 29.2 Å². The molecule has 3 rings (SSSR count). The van der Waals surface area contributed by atoms with Gasteiger partial charge in [0, 0.05) is 25.8 Å². The highest BCUT2D eigenvalue weighted by Gasteiger charge is 2.28. The lowest BCUT2D eigenvalue weighted by molar-refractivity contribution is -0.123. The zero-order valence-electron chi connectivity index (χ0n) is 13.7. The van der Waals surface area contributed by atoms with Crippen LogP contribution in [0.15, 0.2) is 60.7 Å². The molecule has 0 aliphatic carbocycles. The molecule has 0 radical (unpaired) electrons. The van der Waals surface area contributed by atoms with Crippen molar-refractivity contribution in [2.75, 3.05) is 25.0 Å². The molecule has 23 heavy (non-hydrogen) atoms. The Balaban J connectivity index is 1.63. The topological polar surface area (TPSA) is 23.6 Å². The van der Waals surface area contributed by atoms with Crippen LogP contribution in [0, 0.1) is 5.92 Å². The highest BCUT2D eigenvalue weighted by molar-refractivity contribution is 5.94. The molecular formula is C20H24N2O. The summed E-state index contributed by atoms with van der Waals surface area (Å²) in [6, 6.07) is 20.4. The van der Waals surface area contributed by atoms with E-state index in [0.717, 1.165) is 38.2 Å². The van der Waals surface area contributed by atoms with Crippen molar-refractivity contribution in [3.05, 3.63) is 66.2 Å². The highest BCUT2D eigenvalue weighted by Crippen LogP contribution is 2.22. The van der Waals surface area contributed by atoms with E-state index in [-0.39, 0.29) is 11.8 Å². The van der Waals surface area contributed by atoms with Crippen LogP contribution in [0.3, 0.4) is 0 Å². The molecule has 1 aliphatic heterocycles. The minimum atomic E-state index is 0.0951. The van der Waals surface area contributed by atoms with Gasteiger partial charge in [-0.15, -0.1) is 0 Å². The van der Waals surface area contributed by atoms with Crippen molar-refractivity contribution in [2.24, 2.45) is 5.92 Å². The Bertz CT molecular complexity index is 627. The van der Waals surface area contributed by atoms with Crippen LogP contribution < -0.4 is 4.90 Å². The van der Waals surface area contributed by atoms with E-state index in [1.165, 1.54) is 5.56 Å². The van der Waals surface area contributed by atoms with Gasteiger partial charge in [-0.2, -0.15) is 0 Å². The zero-order chi connectivity index (χ0) is 16.1. The maximum absolute atomic E-state index is 12.8. The summed E-state index contributed by atoms with van der Waals surface area (Å²) in [5.41, 5.74) is 2.29. The molecule has 1 heterocycles. The fraction of sp³-hybridized carbons (Fsp3) is 0.350. The fourth-order valence-corrected chi connectivity index (χ4v) is 3.30. The van der Waals surface area contributed by atoms with E-state index in [1.807, 2.05) is 43.4 Å². The lowest BCUT2D eigenvalue weighted by Gasteiger charge is -2.34. The van der Waals surface area contributed by atoms with Gasteiger partial charge in [-0.05, 0) is 37.1 Å². The summed E-state index contributed by atoms with van der Waals surface area (Å²) in [5, 5.41) is 0. The molecule has 1 amide bonds. The molecule has 120 valence electrons. The van der Waals surface area contributed by atoms with Crippen molar-refractivity contribution < 1.29 is 4.79 Å². The van der Waals surface area contributed by atoms with Crippen LogP contribution in [0.1, 0.15) is 18.4 Å². The van der Waals surface area contributed by atoms with Gasteiger partial charge in [0.25, 0.3) is 0 Å². The Labute approximate surface area is 138 Å². The highest BCUT2D eigenvalue weighted by atomic mass is 16.2. The van der Waals surface area contributed by atoms with Crippen LogP contribution >= 0.6 is 0 Å². The lowest BCUT2D eigenvalue weighted by atomic mass is 9.96. The van der Waals surface area contributed by atoms with Crippen molar-refractivity contribution in [3.8, 4) is 0 Å². The van der Waals surface area contributed by atoms with Gasteiger partial charge in [0.2, 0.25) is 5.91 Å². The van der Waals surface area contributed by atoms with Crippen LogP contribution in [0.5, 0.6) is 0 Å². The van der Waals surface area contributed by atoms with E-state index in [1.54, 1.807) is 4.90 Å². The standard InChI is InChI=1S/C20H24N2O/c1-21(19-12-6-3-7-13-19)20(23)18-11-8-14-22(16-18)15-17-9-4-2-5-10-17/h2-7,9-10,12-13,18H,8,11,14-16H2,1H3. The maximum Gasteiger partial charge on any atom is 0.231 e. The summed E-state index contributed by atoms with van der Waals surface area (Å²) >= 11 is 0. The van der Waals surface area contributed by atoms with Gasteiger partial charge in [-0.1, -0.05) is 48.5 Å². The van der Waals surface area contributed by atoms with E-state index in [4.69, 9.17) is 0 Å². The fourth-order valence-electron chi connectivity index (χ4n) is 3.30. The molecule has 0 N–H and O–H groups in total. The quantitative estimate of drug-likeness (QED) is 0.862. The molecule has 1 atom stereocenters. The Kier molecular flexibility index (Phi) is 5.09. The van der Waals surface area contributed by atoms with Gasteiger partial charge in [-0.25, -0.2) is 0 Å². The second-order valence-corrected chi connectivity index (χ2v) is 6.29. The van der Waals surface area contributed by atoms with Crippen molar-refractivity contribution in [1.82, 2.24) is 4.90 Å². The average Bonchev–Trinajstić information content (AvgIpc) is 2.62. The van der Waals surface area contributed by atoms with Crippen molar-refractivity contribution in [1.29, 1.82) is 0 Å². The number of benzene rings is 2. The number of likely N-dealkylation sites (tertiary alicyclic amines) is 1. The lowest BCUT2D eigenvalue weighted by Crippen LogP contribution is -2.43. The first-order valence-electron chi connectivity index (χ1n) is 8.33. The number of amides is 1. The molecule has 0 saturated carbocycles. The predicted octanol–water partition coefficient (Wildman–Crippen LogP) is 3.56. The average molecular weight is 308 g/mol. The Morgan fingerprint density at radius 2 is 1.74 bits per heavy atom. The molecule has 0 bridgehead atoms. The number of hydrogen-bond donors (Lipinski definition) is 0. The zero-order valence-corrected chi connectivity index (χ0v) is 13.7. The third-order valence-corrected chi connectivity index (χ3v) is 4.58. The normalized spacial score (nSPS) is 18.6. The summed E-state index contributed by atoms with van der Waals surface area (Å²) in [5.74, 6) is 0.326. The number of rotatable bonds is 4. The van der Waals surface area contributed by atoms with Crippen LogP contribution in [0.4, 0.5) is 5.69 Å². The molecule has 2 aromatic carbocycles. The van der Waals surface area contributed by atoms with Crippen LogP contribution in [0.25, 0.3) is 0 Å². The monoisotopic (exact) mass is 308 g/mol. The van der Waals surface area contributed by atoms with E-state index >= 15 is 0 Å². The van der Waals surface area contributed by atoms with Gasteiger partial charge < -0.3 is 4.90 Å². The number of piperidine rings is 1. The molecule has 1 fully saturated rings. The van der Waals surface area contributed by atoms with Gasteiger partial charge in [-0.3, -0.25) is 9.69 Å². The van der Waals surface area contributed by atoms with Gasteiger partial charge >= 0.3 is 0 Å². The van der Waals surface area contributed by atoms with E-state index in [9.17, 15) is 4.79 Å². The Morgan fingerprint density at radius 3 is 2.43 bits per heavy atom. The molecule has 3 nitrogen and oxygen atoms in total. The first-order valence-corrected chi connectivity index (χ1v) is 8.33. The number of carbonyl (C=O) groups excluding carboxylic acids is 1. The molecule has 1 unspecified atom stereocenters. The minimum absolute atomic E-state index is 0.0951. The first kappa shape index (κ1) is 15.8. The minimum Gasteiger partial charge on any atom is -0.315 e. The van der Waals surface area contributed by atoms with Gasteiger partial charge in [0.1, 0.15) is 0 Å². The number of nitrogens with zero attached hydrogens (tertiary/aromatic N) is 2. The molecule has 1 aliphatic rings. The van der Waals surface area contributed by atoms with Crippen LogP contribution in [-0.4, -0.2) is 30.9 Å². The largest absolute Gasteiger partial charge is 0.315 e. The van der Waals surface area contributed by atoms with Crippen LogP contribution in [-0.2, 0) is 11.3 Å². The summed E-state index contributed by atoms with van der Waals surface area (Å²) in [6.45, 7) is 2.86. The summed E-state index contributed by atoms with van der Waals surface area (Å²) < 4.78 is 0. The first-order chi connectivity index (χ1) is 11.2.